The van der Waals surface area contributed by atoms with E-state index in [-0.39, 0.29) is 0 Å². The van der Waals surface area contributed by atoms with Crippen molar-refractivity contribution in [1.29, 1.82) is 0 Å². The number of hydrogen-bond donors (Lipinski definition) is 0. The quantitative estimate of drug-likeness (QED) is 0.778. The lowest BCUT2D eigenvalue weighted by Gasteiger charge is -2.23. The minimum atomic E-state index is 1.00. The Morgan fingerprint density at radius 3 is 2.76 bits per heavy atom. The summed E-state index contributed by atoms with van der Waals surface area (Å²) in [6.45, 7) is 11.9. The van der Waals surface area contributed by atoms with Crippen LogP contribution in [-0.4, -0.2) is 47.6 Å². The lowest BCUT2D eigenvalue weighted by atomic mass is 10.3. The van der Waals surface area contributed by atoms with E-state index in [4.69, 9.17) is 0 Å². The third-order valence-electron chi connectivity index (χ3n) is 3.39. The summed E-state index contributed by atoms with van der Waals surface area (Å²) in [5.41, 5.74) is 2.04. The summed E-state index contributed by atoms with van der Waals surface area (Å²) < 4.78 is 0. The van der Waals surface area contributed by atoms with E-state index in [0.29, 0.717) is 0 Å². The van der Waals surface area contributed by atoms with Gasteiger partial charge in [0, 0.05) is 25.8 Å². The number of likely N-dealkylation sites (N-methyl/N-ethyl adjacent to an activating group) is 1. The Hall–Kier alpha value is -1.16. The van der Waals surface area contributed by atoms with Gasteiger partial charge in [0.15, 0.2) is 0 Å². The molecule has 94 valence electrons. The van der Waals surface area contributed by atoms with Gasteiger partial charge in [-0.15, -0.1) is 0 Å². The van der Waals surface area contributed by atoms with Gasteiger partial charge in [-0.1, -0.05) is 6.92 Å². The highest BCUT2D eigenvalue weighted by Crippen LogP contribution is 2.17. The van der Waals surface area contributed by atoms with Crippen molar-refractivity contribution in [2.45, 2.75) is 27.2 Å². The van der Waals surface area contributed by atoms with Crippen LogP contribution >= 0.6 is 0 Å². The van der Waals surface area contributed by atoms with Gasteiger partial charge in [-0.25, -0.2) is 4.98 Å². The van der Waals surface area contributed by atoms with Gasteiger partial charge in [-0.3, -0.25) is 4.98 Å². The van der Waals surface area contributed by atoms with Crippen LogP contribution in [0.1, 0.15) is 24.7 Å². The molecule has 1 fully saturated rings. The average Bonchev–Trinajstić information content (AvgIpc) is 2.57. The lowest BCUT2D eigenvalue weighted by Crippen LogP contribution is -2.31. The van der Waals surface area contributed by atoms with Crippen LogP contribution in [0, 0.1) is 13.8 Å². The van der Waals surface area contributed by atoms with Crippen molar-refractivity contribution in [2.24, 2.45) is 0 Å². The molecule has 1 aliphatic heterocycles. The van der Waals surface area contributed by atoms with Crippen molar-refractivity contribution in [3.8, 4) is 0 Å². The average molecular weight is 234 g/mol. The van der Waals surface area contributed by atoms with Gasteiger partial charge < -0.3 is 9.80 Å². The molecule has 2 heterocycles. The normalized spacial score (nSPS) is 18.2. The molecule has 0 atom stereocenters. The lowest BCUT2D eigenvalue weighted by molar-refractivity contribution is 0.310. The number of hydrogen-bond acceptors (Lipinski definition) is 4. The van der Waals surface area contributed by atoms with E-state index in [1.807, 2.05) is 20.0 Å². The molecule has 4 heteroatoms. The van der Waals surface area contributed by atoms with Crippen LogP contribution in [0.5, 0.6) is 0 Å². The fourth-order valence-electron chi connectivity index (χ4n) is 2.32. The molecule has 1 saturated heterocycles. The zero-order chi connectivity index (χ0) is 12.3. The predicted octanol–water partition coefficient (Wildman–Crippen LogP) is 1.63. The van der Waals surface area contributed by atoms with Crippen LogP contribution < -0.4 is 4.90 Å². The maximum Gasteiger partial charge on any atom is 0.150 e. The van der Waals surface area contributed by atoms with Gasteiger partial charge >= 0.3 is 0 Å². The highest BCUT2D eigenvalue weighted by atomic mass is 15.2. The Bertz CT molecular complexity index is 378. The number of aromatic nitrogens is 2. The van der Waals surface area contributed by atoms with Crippen LogP contribution in [0.2, 0.25) is 0 Å². The third kappa shape index (κ3) is 2.94. The summed E-state index contributed by atoms with van der Waals surface area (Å²) >= 11 is 0. The summed E-state index contributed by atoms with van der Waals surface area (Å²) in [7, 11) is 0. The topological polar surface area (TPSA) is 32.3 Å². The minimum absolute atomic E-state index is 1.00. The van der Waals surface area contributed by atoms with E-state index in [2.05, 4.69) is 26.7 Å². The van der Waals surface area contributed by atoms with Gasteiger partial charge in [-0.2, -0.15) is 0 Å². The second-order valence-corrected chi connectivity index (χ2v) is 4.70. The Labute approximate surface area is 104 Å². The molecule has 0 spiro atoms. The molecule has 17 heavy (non-hydrogen) atoms. The van der Waals surface area contributed by atoms with E-state index in [1.54, 1.807) is 0 Å². The molecular weight excluding hydrogens is 212 g/mol. The number of nitrogens with zero attached hydrogens (tertiary/aromatic N) is 4. The molecule has 1 aromatic rings. The monoisotopic (exact) mass is 234 g/mol. The van der Waals surface area contributed by atoms with Gasteiger partial charge in [0.25, 0.3) is 0 Å². The van der Waals surface area contributed by atoms with E-state index in [9.17, 15) is 0 Å². The fraction of sp³-hybridized carbons (Fsp3) is 0.692. The van der Waals surface area contributed by atoms with Crippen LogP contribution in [0.4, 0.5) is 5.82 Å². The Kier molecular flexibility index (Phi) is 3.94. The van der Waals surface area contributed by atoms with E-state index >= 15 is 0 Å². The smallest absolute Gasteiger partial charge is 0.150 e. The summed E-state index contributed by atoms with van der Waals surface area (Å²) in [5, 5.41) is 0. The van der Waals surface area contributed by atoms with Gasteiger partial charge in [0.2, 0.25) is 0 Å². The maximum atomic E-state index is 4.63. The SMILES string of the molecule is CCN1CCCN(c2nc(C)cnc2C)CC1. The highest BCUT2D eigenvalue weighted by molar-refractivity contribution is 5.43. The molecule has 0 aromatic carbocycles. The van der Waals surface area contributed by atoms with E-state index < -0.39 is 0 Å². The Morgan fingerprint density at radius 2 is 2.00 bits per heavy atom. The summed E-state index contributed by atoms with van der Waals surface area (Å²) in [6, 6.07) is 0. The highest BCUT2D eigenvalue weighted by Gasteiger charge is 2.16. The number of anilines is 1. The third-order valence-corrected chi connectivity index (χ3v) is 3.39. The maximum absolute atomic E-state index is 4.63. The summed E-state index contributed by atoms with van der Waals surface area (Å²) in [4.78, 5) is 13.9. The molecule has 0 radical (unpaired) electrons. The van der Waals surface area contributed by atoms with Crippen LogP contribution in [-0.2, 0) is 0 Å². The Morgan fingerprint density at radius 1 is 1.18 bits per heavy atom. The second kappa shape index (κ2) is 5.45. The second-order valence-electron chi connectivity index (χ2n) is 4.70. The first kappa shape index (κ1) is 12.3. The predicted molar refractivity (Wildman–Crippen MR) is 70.5 cm³/mol. The van der Waals surface area contributed by atoms with Crippen molar-refractivity contribution < 1.29 is 0 Å². The molecule has 1 aromatic heterocycles. The van der Waals surface area contributed by atoms with Gasteiger partial charge in [0.05, 0.1) is 11.4 Å². The van der Waals surface area contributed by atoms with E-state index in [0.717, 1.165) is 43.4 Å². The molecule has 0 aliphatic carbocycles. The number of aryl methyl sites for hydroxylation is 2. The van der Waals surface area contributed by atoms with Gasteiger partial charge in [0.1, 0.15) is 5.82 Å². The fourth-order valence-corrected chi connectivity index (χ4v) is 2.32. The number of rotatable bonds is 2. The zero-order valence-electron chi connectivity index (χ0n) is 11.1. The minimum Gasteiger partial charge on any atom is -0.354 e. The van der Waals surface area contributed by atoms with Crippen molar-refractivity contribution in [2.75, 3.05) is 37.6 Å². The molecular formula is C13H22N4. The van der Waals surface area contributed by atoms with Crippen molar-refractivity contribution in [3.05, 3.63) is 17.6 Å². The first-order chi connectivity index (χ1) is 8.20. The van der Waals surface area contributed by atoms with Crippen molar-refractivity contribution in [1.82, 2.24) is 14.9 Å². The van der Waals surface area contributed by atoms with Crippen LogP contribution in [0.3, 0.4) is 0 Å². The first-order valence-corrected chi connectivity index (χ1v) is 6.48. The molecule has 0 unspecified atom stereocenters. The molecule has 0 amide bonds. The van der Waals surface area contributed by atoms with Crippen molar-refractivity contribution in [3.63, 3.8) is 0 Å². The van der Waals surface area contributed by atoms with Crippen LogP contribution in [0.25, 0.3) is 0 Å². The zero-order valence-corrected chi connectivity index (χ0v) is 11.1. The molecule has 0 N–H and O–H groups in total. The largest absolute Gasteiger partial charge is 0.354 e. The van der Waals surface area contributed by atoms with Gasteiger partial charge in [-0.05, 0) is 33.4 Å². The molecule has 4 nitrogen and oxygen atoms in total. The Balaban J connectivity index is 2.13. The molecule has 1 aliphatic rings. The summed E-state index contributed by atoms with van der Waals surface area (Å²) in [6.07, 6.45) is 3.05. The first-order valence-electron chi connectivity index (χ1n) is 6.48. The van der Waals surface area contributed by atoms with Crippen molar-refractivity contribution >= 4 is 5.82 Å². The summed E-state index contributed by atoms with van der Waals surface area (Å²) in [5.74, 6) is 1.07. The molecule has 0 bridgehead atoms. The molecule has 0 saturated carbocycles. The van der Waals surface area contributed by atoms with E-state index in [1.165, 1.54) is 13.0 Å². The molecule has 2 rings (SSSR count). The standard InChI is InChI=1S/C13H22N4/c1-4-16-6-5-7-17(9-8-16)13-12(3)14-10-11(2)15-13/h10H,4-9H2,1-3H3. The van der Waals surface area contributed by atoms with Crippen LogP contribution in [0.15, 0.2) is 6.20 Å².